The van der Waals surface area contributed by atoms with Crippen LogP contribution in [0.25, 0.3) is 10.9 Å². The van der Waals surface area contributed by atoms with E-state index in [-0.39, 0.29) is 11.7 Å². The van der Waals surface area contributed by atoms with Crippen molar-refractivity contribution < 1.29 is 19.1 Å². The molecule has 3 aromatic rings. The number of H-pyrrole nitrogens is 1. The molecule has 1 aliphatic heterocycles. The lowest BCUT2D eigenvalue weighted by molar-refractivity contribution is -0.116. The summed E-state index contributed by atoms with van der Waals surface area (Å²) >= 11 is 0. The number of aromatic amines is 1. The van der Waals surface area contributed by atoms with Crippen LogP contribution >= 0.6 is 0 Å². The quantitative estimate of drug-likeness (QED) is 0.524. The number of nitrogens with one attached hydrogen (secondary N) is 1. The summed E-state index contributed by atoms with van der Waals surface area (Å²) in [7, 11) is 0. The Bertz CT molecular complexity index is 1190. The molecule has 0 spiro atoms. The van der Waals surface area contributed by atoms with E-state index in [1.165, 1.54) is 6.92 Å². The highest BCUT2D eigenvalue weighted by molar-refractivity contribution is 6.03. The van der Waals surface area contributed by atoms with Gasteiger partial charge < -0.3 is 14.6 Å². The summed E-state index contributed by atoms with van der Waals surface area (Å²) in [6.07, 6.45) is -0.203. The number of carbonyl (C=O) groups excluding carboxylic acids is 3. The summed E-state index contributed by atoms with van der Waals surface area (Å²) in [5, 5.41) is 0.967. The predicted molar refractivity (Wildman–Crippen MR) is 115 cm³/mol. The number of rotatable bonds is 4. The van der Waals surface area contributed by atoms with Gasteiger partial charge in [0.15, 0.2) is 6.10 Å². The van der Waals surface area contributed by atoms with Crippen molar-refractivity contribution in [2.24, 2.45) is 0 Å². The van der Waals surface area contributed by atoms with Gasteiger partial charge >= 0.3 is 5.97 Å². The van der Waals surface area contributed by atoms with Crippen LogP contribution in [0.1, 0.15) is 51.4 Å². The standard InChI is InChI=1S/C24H24N2O4/c1-13-14(2)25-21-7-5-19(12-20(13)21)24(29)30-15(3)23(28)18-6-8-22-17(11-18)9-10-26(22)16(4)27/h5-8,11-12,15,25H,9-10H2,1-4H3/t15-/m0/s1. The number of amides is 1. The van der Waals surface area contributed by atoms with Gasteiger partial charge in [-0.3, -0.25) is 9.59 Å². The first-order chi connectivity index (χ1) is 14.3. The van der Waals surface area contributed by atoms with E-state index in [0.29, 0.717) is 24.1 Å². The Morgan fingerprint density at radius 2 is 1.80 bits per heavy atom. The molecule has 2 heterocycles. The minimum atomic E-state index is -0.911. The Morgan fingerprint density at radius 3 is 2.53 bits per heavy atom. The number of hydrogen-bond acceptors (Lipinski definition) is 4. The van der Waals surface area contributed by atoms with Gasteiger partial charge in [0.2, 0.25) is 11.7 Å². The van der Waals surface area contributed by atoms with Crippen molar-refractivity contribution in [3.63, 3.8) is 0 Å². The molecule has 0 unspecified atom stereocenters. The highest BCUT2D eigenvalue weighted by Crippen LogP contribution is 2.29. The molecule has 0 saturated heterocycles. The number of aromatic nitrogens is 1. The number of carbonyl (C=O) groups is 3. The molecular formula is C24H24N2O4. The van der Waals surface area contributed by atoms with E-state index < -0.39 is 12.1 Å². The van der Waals surface area contributed by atoms with E-state index in [4.69, 9.17) is 4.74 Å². The Kier molecular flexibility index (Phi) is 4.94. The maximum absolute atomic E-state index is 12.8. The average molecular weight is 404 g/mol. The molecule has 30 heavy (non-hydrogen) atoms. The second kappa shape index (κ2) is 7.44. The van der Waals surface area contributed by atoms with Crippen molar-refractivity contribution in [2.45, 2.75) is 40.2 Å². The molecule has 154 valence electrons. The number of hydrogen-bond donors (Lipinski definition) is 1. The van der Waals surface area contributed by atoms with E-state index in [1.807, 2.05) is 19.9 Å². The lowest BCUT2D eigenvalue weighted by Crippen LogP contribution is -2.26. The number of nitrogens with zero attached hydrogens (tertiary/aromatic N) is 1. The van der Waals surface area contributed by atoms with Crippen molar-refractivity contribution >= 4 is 34.3 Å². The Labute approximate surface area is 174 Å². The topological polar surface area (TPSA) is 79.5 Å². The van der Waals surface area contributed by atoms with Crippen LogP contribution in [0, 0.1) is 13.8 Å². The van der Waals surface area contributed by atoms with Crippen molar-refractivity contribution in [3.05, 3.63) is 64.3 Å². The third-order valence-corrected chi connectivity index (χ3v) is 5.84. The van der Waals surface area contributed by atoms with Crippen LogP contribution < -0.4 is 4.90 Å². The minimum absolute atomic E-state index is 0.0139. The number of esters is 1. The highest BCUT2D eigenvalue weighted by Gasteiger charge is 2.26. The number of benzene rings is 2. The van der Waals surface area contributed by atoms with E-state index >= 15 is 0 Å². The number of fused-ring (bicyclic) bond motifs is 2. The van der Waals surface area contributed by atoms with Gasteiger partial charge in [0, 0.05) is 41.3 Å². The van der Waals surface area contributed by atoms with Gasteiger partial charge in [-0.2, -0.15) is 0 Å². The van der Waals surface area contributed by atoms with Crippen LogP contribution in [0.2, 0.25) is 0 Å². The molecule has 6 heteroatoms. The zero-order valence-corrected chi connectivity index (χ0v) is 17.5. The predicted octanol–water partition coefficient (Wildman–Crippen LogP) is 4.12. The zero-order chi connectivity index (χ0) is 21.6. The first kappa shape index (κ1) is 19.9. The second-order valence-electron chi connectivity index (χ2n) is 7.81. The molecule has 0 fully saturated rings. The third-order valence-electron chi connectivity index (χ3n) is 5.84. The van der Waals surface area contributed by atoms with Crippen LogP contribution in [0.3, 0.4) is 0 Å². The fraction of sp³-hybridized carbons (Fsp3) is 0.292. The lowest BCUT2D eigenvalue weighted by Gasteiger charge is -2.16. The molecule has 2 aromatic carbocycles. The fourth-order valence-electron chi connectivity index (χ4n) is 3.99. The first-order valence-corrected chi connectivity index (χ1v) is 10.0. The van der Waals surface area contributed by atoms with Gasteiger partial charge in [0.05, 0.1) is 5.56 Å². The zero-order valence-electron chi connectivity index (χ0n) is 17.5. The Morgan fingerprint density at radius 1 is 1.07 bits per heavy atom. The largest absolute Gasteiger partial charge is 0.451 e. The van der Waals surface area contributed by atoms with Crippen LogP contribution in [0.4, 0.5) is 5.69 Å². The first-order valence-electron chi connectivity index (χ1n) is 10.0. The molecule has 1 aromatic heterocycles. The summed E-state index contributed by atoms with van der Waals surface area (Å²) in [6.45, 7) is 7.72. The molecule has 4 rings (SSSR count). The second-order valence-corrected chi connectivity index (χ2v) is 7.81. The van der Waals surface area contributed by atoms with Gasteiger partial charge in [0.1, 0.15) is 0 Å². The molecule has 1 atom stereocenters. The molecular weight excluding hydrogens is 380 g/mol. The van der Waals surface area contributed by atoms with E-state index in [0.717, 1.165) is 33.4 Å². The average Bonchev–Trinajstić information content (AvgIpc) is 3.27. The Balaban J connectivity index is 1.50. The van der Waals surface area contributed by atoms with Crippen molar-refractivity contribution in [3.8, 4) is 0 Å². The normalized spacial score (nSPS) is 13.9. The molecule has 6 nitrogen and oxygen atoms in total. The highest BCUT2D eigenvalue weighted by atomic mass is 16.5. The van der Waals surface area contributed by atoms with Crippen LogP contribution in [0.5, 0.6) is 0 Å². The van der Waals surface area contributed by atoms with Gasteiger partial charge in [-0.05, 0) is 74.7 Å². The summed E-state index contributed by atoms with van der Waals surface area (Å²) in [5.41, 5.74) is 5.79. The van der Waals surface area contributed by atoms with Crippen LogP contribution in [0.15, 0.2) is 36.4 Å². The number of ether oxygens (including phenoxy) is 1. The molecule has 0 aliphatic carbocycles. The molecule has 0 radical (unpaired) electrons. The lowest BCUT2D eigenvalue weighted by atomic mass is 10.0. The third kappa shape index (κ3) is 3.38. The summed E-state index contributed by atoms with van der Waals surface area (Å²) < 4.78 is 5.46. The number of ketones is 1. The maximum atomic E-state index is 12.8. The number of aryl methyl sites for hydroxylation is 2. The molecule has 0 saturated carbocycles. The van der Waals surface area contributed by atoms with Gasteiger partial charge in [-0.1, -0.05) is 0 Å². The molecule has 1 N–H and O–H groups in total. The van der Waals surface area contributed by atoms with Crippen LogP contribution in [-0.2, 0) is 16.0 Å². The van der Waals surface area contributed by atoms with Crippen molar-refractivity contribution in [1.82, 2.24) is 4.98 Å². The van der Waals surface area contributed by atoms with E-state index in [9.17, 15) is 14.4 Å². The summed E-state index contributed by atoms with van der Waals surface area (Å²) in [5.74, 6) is -0.804. The summed E-state index contributed by atoms with van der Waals surface area (Å²) in [4.78, 5) is 42.1. The molecule has 0 bridgehead atoms. The maximum Gasteiger partial charge on any atom is 0.338 e. The smallest absolute Gasteiger partial charge is 0.338 e. The fourth-order valence-corrected chi connectivity index (χ4v) is 3.99. The Hall–Kier alpha value is -3.41. The monoisotopic (exact) mass is 404 g/mol. The SMILES string of the molecule is CC(=O)N1CCc2cc(C(=O)[C@H](C)OC(=O)c3ccc4[nH]c(C)c(C)c4c3)ccc21. The number of anilines is 1. The van der Waals surface area contributed by atoms with Crippen LogP contribution in [-0.4, -0.2) is 35.3 Å². The van der Waals surface area contributed by atoms with Gasteiger partial charge in [-0.25, -0.2) is 4.79 Å². The van der Waals surface area contributed by atoms with Crippen molar-refractivity contribution in [1.29, 1.82) is 0 Å². The van der Waals surface area contributed by atoms with E-state index in [1.54, 1.807) is 42.2 Å². The van der Waals surface area contributed by atoms with Crippen molar-refractivity contribution in [2.75, 3.05) is 11.4 Å². The summed E-state index contributed by atoms with van der Waals surface area (Å²) in [6, 6.07) is 10.6. The molecule has 1 aliphatic rings. The van der Waals surface area contributed by atoms with Gasteiger partial charge in [-0.15, -0.1) is 0 Å². The number of Topliss-reactive ketones (excluding diaryl/α,β-unsaturated/α-hetero) is 1. The van der Waals surface area contributed by atoms with E-state index in [2.05, 4.69) is 4.98 Å². The molecule has 1 amide bonds. The minimum Gasteiger partial charge on any atom is -0.451 e. The van der Waals surface area contributed by atoms with Gasteiger partial charge in [0.25, 0.3) is 0 Å².